The van der Waals surface area contributed by atoms with Gasteiger partial charge in [0.1, 0.15) is 73.4 Å². The number of aldehydes is 1. The number of rotatable bonds is 9. The summed E-state index contributed by atoms with van der Waals surface area (Å²) in [6.07, 6.45) is -16.6. The van der Waals surface area contributed by atoms with Crippen LogP contribution >= 0.6 is 0 Å². The molecule has 0 aromatic rings. The minimum atomic E-state index is -1.89. The van der Waals surface area contributed by atoms with Crippen LogP contribution in [0.2, 0.25) is 0 Å². The Morgan fingerprint density at radius 3 is 2.05 bits per heavy atom. The minimum absolute atomic E-state index is 0.00694. The third-order valence-corrected chi connectivity index (χ3v) is 19.0. The highest BCUT2D eigenvalue weighted by molar-refractivity contribution is 5.79. The molecule has 8 aliphatic rings. The maximum absolute atomic E-state index is 14.9. The van der Waals surface area contributed by atoms with Gasteiger partial charge in [-0.25, -0.2) is 0 Å². The van der Waals surface area contributed by atoms with Crippen molar-refractivity contribution in [3.05, 3.63) is 11.6 Å². The highest BCUT2D eigenvalue weighted by Crippen LogP contribution is 2.75. The summed E-state index contributed by atoms with van der Waals surface area (Å²) in [4.78, 5) is 27.5. The monoisotopic (exact) mass is 942 g/mol. The van der Waals surface area contributed by atoms with Gasteiger partial charge in [0.15, 0.2) is 12.6 Å². The van der Waals surface area contributed by atoms with Crippen molar-refractivity contribution in [2.45, 2.75) is 210 Å². The second-order valence-corrected chi connectivity index (χ2v) is 22.5. The number of hydrogen-bond donors (Lipinski definition) is 11. The van der Waals surface area contributed by atoms with Gasteiger partial charge in [0.2, 0.25) is 6.29 Å². The summed E-state index contributed by atoms with van der Waals surface area (Å²) < 4.78 is 34.5. The Bertz CT molecular complexity index is 1830. The van der Waals surface area contributed by atoms with Crippen molar-refractivity contribution >= 4 is 12.3 Å². The van der Waals surface area contributed by atoms with E-state index in [4.69, 9.17) is 28.4 Å². The molecule has 66 heavy (non-hydrogen) atoms. The molecule has 19 heteroatoms. The summed E-state index contributed by atoms with van der Waals surface area (Å²) in [6.45, 7) is 10.6. The van der Waals surface area contributed by atoms with Crippen LogP contribution in [0.3, 0.4) is 0 Å². The van der Waals surface area contributed by atoms with Gasteiger partial charge in [0.05, 0.1) is 41.9 Å². The first-order valence-electron chi connectivity index (χ1n) is 23.9. The molecule has 2 unspecified atom stereocenters. The number of hydrogen-bond acceptors (Lipinski definition) is 19. The summed E-state index contributed by atoms with van der Waals surface area (Å²) in [7, 11) is 0. The van der Waals surface area contributed by atoms with Crippen molar-refractivity contribution < 1.29 is 94.2 Å². The molecule has 0 aromatic heterocycles. The number of aliphatic hydroxyl groups excluding tert-OH is 10. The highest BCUT2D eigenvalue weighted by Gasteiger charge is 2.70. The van der Waals surface area contributed by atoms with Gasteiger partial charge in [-0.1, -0.05) is 39.3 Å². The Morgan fingerprint density at radius 1 is 0.727 bits per heavy atom. The van der Waals surface area contributed by atoms with E-state index in [-0.39, 0.29) is 40.9 Å². The van der Waals surface area contributed by atoms with Gasteiger partial charge in [-0.05, 0) is 112 Å². The number of carbonyl (C=O) groups excluding carboxylic acids is 2. The van der Waals surface area contributed by atoms with Crippen LogP contribution in [-0.4, -0.2) is 185 Å². The molecular formula is C47H74O19. The summed E-state index contributed by atoms with van der Waals surface area (Å²) in [5.74, 6) is -0.930. The van der Waals surface area contributed by atoms with E-state index in [1.165, 1.54) is 6.92 Å². The zero-order chi connectivity index (χ0) is 48.3. The van der Waals surface area contributed by atoms with E-state index in [0.717, 1.165) is 31.1 Å². The first-order valence-corrected chi connectivity index (χ1v) is 23.9. The molecule has 4 saturated carbocycles. The Morgan fingerprint density at radius 2 is 1.36 bits per heavy atom. The molecule has 11 N–H and O–H groups in total. The zero-order valence-corrected chi connectivity index (χ0v) is 38.8. The third kappa shape index (κ3) is 7.78. The van der Waals surface area contributed by atoms with Gasteiger partial charge >= 0.3 is 5.97 Å². The maximum atomic E-state index is 14.9. The molecule has 0 spiro atoms. The average molecular weight is 943 g/mol. The van der Waals surface area contributed by atoms with Gasteiger partial charge in [-0.15, -0.1) is 0 Å². The number of aliphatic hydroxyl groups is 11. The second kappa shape index (κ2) is 17.8. The molecule has 376 valence electrons. The summed E-state index contributed by atoms with van der Waals surface area (Å²) in [6, 6.07) is 0. The molecule has 3 saturated heterocycles. The zero-order valence-electron chi connectivity index (χ0n) is 38.8. The van der Waals surface area contributed by atoms with E-state index >= 15 is 0 Å². The summed E-state index contributed by atoms with van der Waals surface area (Å²) >= 11 is 0. The predicted octanol–water partition coefficient (Wildman–Crippen LogP) is -0.928. The molecule has 0 bridgehead atoms. The van der Waals surface area contributed by atoms with Crippen LogP contribution in [-0.2, 0) is 38.0 Å². The predicted molar refractivity (Wildman–Crippen MR) is 226 cm³/mol. The average Bonchev–Trinajstić information content (AvgIpc) is 3.27. The van der Waals surface area contributed by atoms with E-state index in [1.54, 1.807) is 6.92 Å². The number of carbonyl (C=O) groups is 2. The lowest BCUT2D eigenvalue weighted by atomic mass is 9.33. The van der Waals surface area contributed by atoms with Crippen molar-refractivity contribution in [2.75, 3.05) is 13.2 Å². The van der Waals surface area contributed by atoms with Crippen LogP contribution in [0.25, 0.3) is 0 Å². The number of fused-ring (bicyclic) bond motifs is 7. The molecule has 0 aromatic carbocycles. The Kier molecular flexibility index (Phi) is 13.7. The van der Waals surface area contributed by atoms with Gasteiger partial charge in [-0.2, -0.15) is 0 Å². The maximum Gasteiger partial charge on any atom is 0.315 e. The van der Waals surface area contributed by atoms with Crippen LogP contribution in [0.15, 0.2) is 11.6 Å². The van der Waals surface area contributed by atoms with Crippen molar-refractivity contribution in [3.8, 4) is 0 Å². The Hall–Kier alpha value is -1.76. The number of allylic oxidation sites excluding steroid dienone is 2. The van der Waals surface area contributed by atoms with Crippen LogP contribution in [0, 0.1) is 44.8 Å². The number of esters is 1. The molecular weight excluding hydrogens is 868 g/mol. The summed E-state index contributed by atoms with van der Waals surface area (Å²) in [5.41, 5.74) is -2.84. The fourth-order valence-electron chi connectivity index (χ4n) is 14.5. The summed E-state index contributed by atoms with van der Waals surface area (Å²) in [5, 5.41) is 119. The van der Waals surface area contributed by atoms with Gasteiger partial charge < -0.3 is 89.4 Å². The largest absolute Gasteiger partial charge is 0.432 e. The van der Waals surface area contributed by atoms with Crippen LogP contribution in [0.5, 0.6) is 0 Å². The van der Waals surface area contributed by atoms with E-state index in [2.05, 4.69) is 26.8 Å². The molecule has 5 aliphatic carbocycles. The molecule has 0 radical (unpaired) electrons. The van der Waals surface area contributed by atoms with Crippen LogP contribution < -0.4 is 0 Å². The van der Waals surface area contributed by atoms with E-state index in [9.17, 15) is 65.8 Å². The highest BCUT2D eigenvalue weighted by atomic mass is 16.8. The molecule has 0 amide bonds. The lowest BCUT2D eigenvalue weighted by Gasteiger charge is -2.70. The van der Waals surface area contributed by atoms with Crippen molar-refractivity contribution in [2.24, 2.45) is 44.8 Å². The molecule has 25 atom stereocenters. The van der Waals surface area contributed by atoms with Gasteiger partial charge in [-0.3, -0.25) is 4.79 Å². The van der Waals surface area contributed by atoms with Crippen molar-refractivity contribution in [3.63, 3.8) is 0 Å². The molecule has 8 rings (SSSR count). The molecule has 3 heterocycles. The second-order valence-electron chi connectivity index (χ2n) is 22.5. The topological polar surface area (TPSA) is 312 Å². The lowest BCUT2D eigenvalue weighted by Crippen LogP contribution is -2.66. The van der Waals surface area contributed by atoms with Crippen molar-refractivity contribution in [1.82, 2.24) is 0 Å². The van der Waals surface area contributed by atoms with Crippen molar-refractivity contribution in [1.29, 1.82) is 0 Å². The molecule has 7 fully saturated rings. The first-order chi connectivity index (χ1) is 30.8. The molecule has 3 aliphatic heterocycles. The standard InChI is InChI=1S/C47H74O19/c1-21-29(51)31(53)34(56)39(62-21)65-37-24(18-48)63-38(36(58)33(37)55)61-19-25-30(52)32(54)35(57)40(64-25)66-41(59)47-15-13-42(2,60)17-23(47)22-7-8-27-43(3)11-10-28(50)44(4,20-49)26(43)9-12-46(27,6)45(22,5)14-16-47/h7,20-21,23-40,48,50-58,60H,8-19H2,1-6H3/t21-,23-,24+,25+,26?,27?,28-,29-,30+,31+,32-,33+,34+,35+,36+,37+,38+,39-,40-,42+,43-,44-,45+,46+,47-/m0/s1. The fraction of sp³-hybridized carbons (Fsp3) is 0.915. The Balaban J connectivity index is 0.977. The van der Waals surface area contributed by atoms with E-state index < -0.39 is 140 Å². The van der Waals surface area contributed by atoms with Crippen LogP contribution in [0.4, 0.5) is 0 Å². The third-order valence-electron chi connectivity index (χ3n) is 19.0. The fourth-order valence-corrected chi connectivity index (χ4v) is 14.5. The quantitative estimate of drug-likeness (QED) is 0.0756. The SMILES string of the molecule is C[C@@H]1O[C@@H](O[C@H]2[C@H](O)[C@@H](O)[C@H](OC[C@H]3O[C@@H](OC(=O)[C@]45CC[C@@](C)(O)C[C@H]4C4=CCC6[C@@]7(C)CC[C@H](O)[C@@](C)(C=O)C7CC[C@@]6(C)[C@]4(C)CC5)[C@H](O)[C@@H](O)[C@@H]3O)O[C@@H]2CO)[C@H](O)[C@H](O)[C@H]1O. The van der Waals surface area contributed by atoms with E-state index in [0.29, 0.717) is 32.1 Å². The normalized spacial score (nSPS) is 56.1. The smallest absolute Gasteiger partial charge is 0.315 e. The van der Waals surface area contributed by atoms with E-state index in [1.807, 2.05) is 6.92 Å². The Labute approximate surface area is 385 Å². The minimum Gasteiger partial charge on any atom is -0.432 e. The van der Waals surface area contributed by atoms with Gasteiger partial charge in [0, 0.05) is 0 Å². The number of ether oxygens (including phenoxy) is 6. The van der Waals surface area contributed by atoms with Gasteiger partial charge in [0.25, 0.3) is 0 Å². The van der Waals surface area contributed by atoms with Crippen LogP contribution in [0.1, 0.15) is 106 Å². The molecule has 19 nitrogen and oxygen atoms in total. The lowest BCUT2D eigenvalue weighted by molar-refractivity contribution is -0.361. The first kappa shape index (κ1) is 50.6.